The van der Waals surface area contributed by atoms with Gasteiger partial charge in [0.1, 0.15) is 4.21 Å². The van der Waals surface area contributed by atoms with Gasteiger partial charge in [-0.1, -0.05) is 0 Å². The molecule has 1 aromatic heterocycles. The molecule has 1 saturated heterocycles. The number of rotatable bonds is 4. The third-order valence-corrected chi connectivity index (χ3v) is 7.41. The van der Waals surface area contributed by atoms with Gasteiger partial charge in [0.2, 0.25) is 0 Å². The van der Waals surface area contributed by atoms with Crippen molar-refractivity contribution in [2.24, 2.45) is 0 Å². The number of hydrogen-bond donors (Lipinski definition) is 0. The SMILES string of the molecule is CCOC1CCCN(S(=O)(=O)c2sccc2Br)C1. The molecule has 7 heteroatoms. The molecule has 0 saturated carbocycles. The van der Waals surface area contributed by atoms with Crippen LogP contribution in [0.4, 0.5) is 0 Å². The van der Waals surface area contributed by atoms with E-state index in [1.165, 1.54) is 15.6 Å². The second-order valence-electron chi connectivity index (χ2n) is 4.14. The molecule has 0 radical (unpaired) electrons. The lowest BCUT2D eigenvalue weighted by Gasteiger charge is -2.31. The predicted molar refractivity (Wildman–Crippen MR) is 75.4 cm³/mol. The van der Waals surface area contributed by atoms with Crippen LogP contribution in [0.1, 0.15) is 19.8 Å². The van der Waals surface area contributed by atoms with Gasteiger partial charge in [0, 0.05) is 24.2 Å². The highest BCUT2D eigenvalue weighted by Crippen LogP contribution is 2.31. The first-order chi connectivity index (χ1) is 8.55. The number of hydrogen-bond acceptors (Lipinski definition) is 4. The molecule has 0 bridgehead atoms. The van der Waals surface area contributed by atoms with E-state index in [0.717, 1.165) is 12.8 Å². The van der Waals surface area contributed by atoms with E-state index in [4.69, 9.17) is 4.74 Å². The van der Waals surface area contributed by atoms with Crippen molar-refractivity contribution in [3.05, 3.63) is 15.9 Å². The van der Waals surface area contributed by atoms with Crippen molar-refractivity contribution < 1.29 is 13.2 Å². The minimum absolute atomic E-state index is 0.0252. The molecule has 1 aliphatic heterocycles. The Morgan fingerprint density at radius 1 is 1.61 bits per heavy atom. The Kier molecular flexibility index (Phi) is 4.82. The Labute approximate surface area is 120 Å². The lowest BCUT2D eigenvalue weighted by molar-refractivity contribution is 0.0265. The first-order valence-corrected chi connectivity index (χ1v) is 9.01. The van der Waals surface area contributed by atoms with E-state index < -0.39 is 10.0 Å². The van der Waals surface area contributed by atoms with Gasteiger partial charge in [-0.05, 0) is 47.1 Å². The van der Waals surface area contributed by atoms with E-state index in [0.29, 0.717) is 28.4 Å². The predicted octanol–water partition coefficient (Wildman–Crippen LogP) is 2.70. The molecule has 0 aliphatic carbocycles. The maximum atomic E-state index is 12.5. The third kappa shape index (κ3) is 2.96. The summed E-state index contributed by atoms with van der Waals surface area (Å²) in [4.78, 5) is 0. The maximum Gasteiger partial charge on any atom is 0.253 e. The van der Waals surface area contributed by atoms with Crippen LogP contribution in [-0.2, 0) is 14.8 Å². The molecule has 2 heterocycles. The summed E-state index contributed by atoms with van der Waals surface area (Å²) in [6, 6.07) is 1.77. The number of sulfonamides is 1. The van der Waals surface area contributed by atoms with Crippen LogP contribution in [0.3, 0.4) is 0 Å². The molecule has 0 amide bonds. The van der Waals surface area contributed by atoms with Gasteiger partial charge in [-0.3, -0.25) is 0 Å². The number of ether oxygens (including phenoxy) is 1. The zero-order chi connectivity index (χ0) is 13.2. The fourth-order valence-electron chi connectivity index (χ4n) is 2.08. The zero-order valence-corrected chi connectivity index (χ0v) is 13.4. The minimum Gasteiger partial charge on any atom is -0.377 e. The molecule has 0 aromatic carbocycles. The van der Waals surface area contributed by atoms with Gasteiger partial charge in [-0.25, -0.2) is 8.42 Å². The van der Waals surface area contributed by atoms with Gasteiger partial charge >= 0.3 is 0 Å². The van der Waals surface area contributed by atoms with E-state index in [1.54, 1.807) is 11.4 Å². The molecule has 1 atom stereocenters. The molecule has 0 spiro atoms. The second kappa shape index (κ2) is 6.00. The summed E-state index contributed by atoms with van der Waals surface area (Å²) in [7, 11) is -3.38. The van der Waals surface area contributed by atoms with Crippen LogP contribution in [0.25, 0.3) is 0 Å². The van der Waals surface area contributed by atoms with Gasteiger partial charge in [-0.15, -0.1) is 11.3 Å². The van der Waals surface area contributed by atoms with E-state index in [2.05, 4.69) is 15.9 Å². The fourth-order valence-corrected chi connectivity index (χ4v) is 6.04. The number of halogens is 1. The van der Waals surface area contributed by atoms with Crippen LogP contribution in [0, 0.1) is 0 Å². The maximum absolute atomic E-state index is 12.5. The summed E-state index contributed by atoms with van der Waals surface area (Å²) in [5.41, 5.74) is 0. The van der Waals surface area contributed by atoms with Crippen LogP contribution in [0.15, 0.2) is 20.1 Å². The summed E-state index contributed by atoms with van der Waals surface area (Å²) in [6.07, 6.45) is 1.82. The van der Waals surface area contributed by atoms with Crippen LogP contribution in [-0.4, -0.2) is 38.5 Å². The van der Waals surface area contributed by atoms with Gasteiger partial charge in [0.05, 0.1) is 6.10 Å². The van der Waals surface area contributed by atoms with E-state index in [1.807, 2.05) is 6.92 Å². The van der Waals surface area contributed by atoms with Crippen LogP contribution in [0.5, 0.6) is 0 Å². The molecule has 2 rings (SSSR count). The van der Waals surface area contributed by atoms with Gasteiger partial charge in [0.15, 0.2) is 0 Å². The molecular formula is C11H16BrNO3S2. The summed E-state index contributed by atoms with van der Waals surface area (Å²) in [5.74, 6) is 0. The minimum atomic E-state index is -3.38. The third-order valence-electron chi connectivity index (χ3n) is 2.90. The van der Waals surface area contributed by atoms with Gasteiger partial charge < -0.3 is 4.74 Å². The lowest BCUT2D eigenvalue weighted by Crippen LogP contribution is -2.43. The topological polar surface area (TPSA) is 46.6 Å². The van der Waals surface area contributed by atoms with Crippen molar-refractivity contribution in [1.82, 2.24) is 4.31 Å². The van der Waals surface area contributed by atoms with Crippen molar-refractivity contribution in [3.63, 3.8) is 0 Å². The summed E-state index contributed by atoms with van der Waals surface area (Å²) >= 11 is 4.54. The Bertz CT molecular complexity index is 498. The first kappa shape index (κ1) is 14.5. The van der Waals surface area contributed by atoms with Gasteiger partial charge in [0.25, 0.3) is 10.0 Å². The molecule has 4 nitrogen and oxygen atoms in total. The fraction of sp³-hybridized carbons (Fsp3) is 0.636. The quantitative estimate of drug-likeness (QED) is 0.835. The summed E-state index contributed by atoms with van der Waals surface area (Å²) in [5, 5.41) is 1.78. The lowest BCUT2D eigenvalue weighted by atomic mass is 10.1. The molecule has 1 aliphatic rings. The zero-order valence-electron chi connectivity index (χ0n) is 10.1. The second-order valence-corrected chi connectivity index (χ2v) is 8.04. The Morgan fingerprint density at radius 3 is 3.00 bits per heavy atom. The molecule has 1 fully saturated rings. The highest BCUT2D eigenvalue weighted by atomic mass is 79.9. The average Bonchev–Trinajstić information content (AvgIpc) is 2.77. The number of thiophene rings is 1. The van der Waals surface area contributed by atoms with Crippen molar-refractivity contribution in [2.75, 3.05) is 19.7 Å². The van der Waals surface area contributed by atoms with Crippen molar-refractivity contribution >= 4 is 37.3 Å². The van der Waals surface area contributed by atoms with Crippen molar-refractivity contribution in [1.29, 1.82) is 0 Å². The van der Waals surface area contributed by atoms with Crippen molar-refractivity contribution in [3.8, 4) is 0 Å². The highest BCUT2D eigenvalue weighted by molar-refractivity contribution is 9.10. The molecule has 1 unspecified atom stereocenters. The number of piperidine rings is 1. The molecule has 18 heavy (non-hydrogen) atoms. The highest BCUT2D eigenvalue weighted by Gasteiger charge is 2.32. The standard InChI is InChI=1S/C11H16BrNO3S2/c1-2-16-9-4-3-6-13(8-9)18(14,15)11-10(12)5-7-17-11/h5,7,9H,2-4,6,8H2,1H3. The Morgan fingerprint density at radius 2 is 2.39 bits per heavy atom. The molecular weight excluding hydrogens is 338 g/mol. The molecule has 1 aromatic rings. The smallest absolute Gasteiger partial charge is 0.253 e. The molecule has 0 N–H and O–H groups in total. The van der Waals surface area contributed by atoms with Gasteiger partial charge in [-0.2, -0.15) is 4.31 Å². The first-order valence-electron chi connectivity index (χ1n) is 5.90. The largest absolute Gasteiger partial charge is 0.377 e. The Balaban J connectivity index is 2.18. The monoisotopic (exact) mass is 353 g/mol. The normalized spacial score (nSPS) is 22.2. The van der Waals surface area contributed by atoms with E-state index in [-0.39, 0.29) is 6.10 Å². The van der Waals surface area contributed by atoms with Crippen molar-refractivity contribution in [2.45, 2.75) is 30.1 Å². The molecule has 102 valence electrons. The average molecular weight is 354 g/mol. The van der Waals surface area contributed by atoms with E-state index in [9.17, 15) is 8.42 Å². The summed E-state index contributed by atoms with van der Waals surface area (Å²) in [6.45, 7) is 3.60. The van der Waals surface area contributed by atoms with Crippen LogP contribution in [0.2, 0.25) is 0 Å². The van der Waals surface area contributed by atoms with Crippen LogP contribution >= 0.6 is 27.3 Å². The van der Waals surface area contributed by atoms with Crippen LogP contribution < -0.4 is 0 Å². The number of nitrogens with zero attached hydrogens (tertiary/aromatic N) is 1. The summed E-state index contributed by atoms with van der Waals surface area (Å²) < 4.78 is 33.0. The van der Waals surface area contributed by atoms with E-state index >= 15 is 0 Å². The Hall–Kier alpha value is 0.0500.